The van der Waals surface area contributed by atoms with Crippen LogP contribution in [0.15, 0.2) is 18.2 Å². The molecule has 0 spiro atoms. The Kier molecular flexibility index (Phi) is 6.58. The number of benzene rings is 1. The molecule has 0 saturated carbocycles. The number of aliphatic hydroxyl groups is 3. The predicted octanol–water partition coefficient (Wildman–Crippen LogP) is 0.425. The second-order valence-corrected chi connectivity index (χ2v) is 7.62. The van der Waals surface area contributed by atoms with Crippen molar-refractivity contribution in [1.29, 1.82) is 0 Å². The van der Waals surface area contributed by atoms with E-state index in [4.69, 9.17) is 9.84 Å². The number of phenols is 1. The van der Waals surface area contributed by atoms with Gasteiger partial charge in [0, 0.05) is 6.42 Å². The lowest BCUT2D eigenvalue weighted by atomic mass is 9.93. The SMILES string of the molecule is O=S(=O)(Oc1ccc(O)c(CCC2OC(CO)CC(O)C2O)c1)C(F)(F)F. The molecule has 1 aliphatic heterocycles. The number of aromatic hydroxyl groups is 1. The Morgan fingerprint density at radius 2 is 1.93 bits per heavy atom. The van der Waals surface area contributed by atoms with Crippen molar-refractivity contribution in [1.82, 2.24) is 0 Å². The summed E-state index contributed by atoms with van der Waals surface area (Å²) in [5.74, 6) is -0.963. The van der Waals surface area contributed by atoms with Crippen LogP contribution in [0.5, 0.6) is 11.5 Å². The molecule has 1 aliphatic rings. The van der Waals surface area contributed by atoms with Gasteiger partial charge in [-0.05, 0) is 36.6 Å². The van der Waals surface area contributed by atoms with E-state index in [2.05, 4.69) is 4.18 Å². The van der Waals surface area contributed by atoms with E-state index in [1.165, 1.54) is 0 Å². The maximum atomic E-state index is 12.4. The molecular formula is C15H19F3O8S. The van der Waals surface area contributed by atoms with E-state index in [1.807, 2.05) is 0 Å². The molecule has 12 heteroatoms. The number of ether oxygens (including phenoxy) is 1. The number of rotatable bonds is 6. The van der Waals surface area contributed by atoms with E-state index in [1.54, 1.807) is 0 Å². The maximum absolute atomic E-state index is 12.4. The number of hydrogen-bond donors (Lipinski definition) is 4. The van der Waals surface area contributed by atoms with E-state index in [9.17, 15) is 36.9 Å². The molecule has 1 aromatic carbocycles. The topological polar surface area (TPSA) is 134 Å². The molecule has 0 aliphatic carbocycles. The fourth-order valence-electron chi connectivity index (χ4n) is 2.68. The second kappa shape index (κ2) is 8.19. The minimum atomic E-state index is -5.85. The van der Waals surface area contributed by atoms with Crippen LogP contribution in [0.4, 0.5) is 13.2 Å². The molecule has 1 heterocycles. The van der Waals surface area contributed by atoms with E-state index in [0.29, 0.717) is 0 Å². The summed E-state index contributed by atoms with van der Waals surface area (Å²) in [5.41, 5.74) is -5.54. The summed E-state index contributed by atoms with van der Waals surface area (Å²) < 4.78 is 68.7. The van der Waals surface area contributed by atoms with Crippen molar-refractivity contribution in [3.63, 3.8) is 0 Å². The predicted molar refractivity (Wildman–Crippen MR) is 84.4 cm³/mol. The van der Waals surface area contributed by atoms with E-state index < -0.39 is 45.8 Å². The summed E-state index contributed by atoms with van der Waals surface area (Å²) in [6.45, 7) is -0.371. The Morgan fingerprint density at radius 3 is 2.52 bits per heavy atom. The van der Waals surface area contributed by atoms with Gasteiger partial charge < -0.3 is 29.3 Å². The van der Waals surface area contributed by atoms with Crippen LogP contribution in [0.3, 0.4) is 0 Å². The highest BCUT2D eigenvalue weighted by Gasteiger charge is 2.48. The van der Waals surface area contributed by atoms with Gasteiger partial charge in [-0.3, -0.25) is 0 Å². The van der Waals surface area contributed by atoms with Gasteiger partial charge in [0.25, 0.3) is 0 Å². The van der Waals surface area contributed by atoms with Crippen LogP contribution < -0.4 is 4.18 Å². The summed E-state index contributed by atoms with van der Waals surface area (Å²) in [6.07, 6.45) is -3.90. The zero-order chi connectivity index (χ0) is 20.4. The lowest BCUT2D eigenvalue weighted by Crippen LogP contribution is -2.49. The second-order valence-electron chi connectivity index (χ2n) is 6.09. The first-order valence-electron chi connectivity index (χ1n) is 7.89. The fourth-order valence-corrected chi connectivity index (χ4v) is 3.13. The van der Waals surface area contributed by atoms with Gasteiger partial charge in [-0.1, -0.05) is 0 Å². The standard InChI is InChI=1S/C15H19F3O8S/c16-15(17,18)27(23,24)26-9-2-3-11(20)8(5-9)1-4-13-14(22)12(21)6-10(7-19)25-13/h2-3,5,10,12-14,19-22H,1,4,6-7H2. The van der Waals surface area contributed by atoms with Crippen molar-refractivity contribution < 1.29 is 50.9 Å². The Labute approximate surface area is 152 Å². The van der Waals surface area contributed by atoms with Crippen LogP contribution in [0, 0.1) is 0 Å². The van der Waals surface area contributed by atoms with Crippen LogP contribution >= 0.6 is 0 Å². The third-order valence-corrected chi connectivity index (χ3v) is 5.07. The Hall–Kier alpha value is -1.60. The van der Waals surface area contributed by atoms with Crippen molar-refractivity contribution in [2.24, 2.45) is 0 Å². The van der Waals surface area contributed by atoms with Crippen molar-refractivity contribution in [2.75, 3.05) is 6.61 Å². The zero-order valence-electron chi connectivity index (χ0n) is 13.8. The lowest BCUT2D eigenvalue weighted by Gasteiger charge is -2.36. The van der Waals surface area contributed by atoms with Gasteiger partial charge in [-0.25, -0.2) is 0 Å². The Balaban J connectivity index is 2.10. The van der Waals surface area contributed by atoms with Gasteiger partial charge in [-0.2, -0.15) is 21.6 Å². The number of phenolic OH excluding ortho intramolecular Hbond substituents is 1. The van der Waals surface area contributed by atoms with Gasteiger partial charge in [-0.15, -0.1) is 0 Å². The van der Waals surface area contributed by atoms with Crippen LogP contribution in [0.2, 0.25) is 0 Å². The smallest absolute Gasteiger partial charge is 0.508 e. The molecule has 4 atom stereocenters. The Bertz CT molecular complexity index is 752. The molecule has 4 N–H and O–H groups in total. The minimum absolute atomic E-state index is 0.0261. The highest BCUT2D eigenvalue weighted by Crippen LogP contribution is 2.31. The van der Waals surface area contributed by atoms with Gasteiger partial charge in [0.15, 0.2) is 0 Å². The first kappa shape index (κ1) is 21.7. The molecule has 0 radical (unpaired) electrons. The minimum Gasteiger partial charge on any atom is -0.508 e. The van der Waals surface area contributed by atoms with Crippen molar-refractivity contribution in [3.05, 3.63) is 23.8 Å². The van der Waals surface area contributed by atoms with E-state index in [0.717, 1.165) is 18.2 Å². The first-order chi connectivity index (χ1) is 12.4. The van der Waals surface area contributed by atoms with E-state index >= 15 is 0 Å². The van der Waals surface area contributed by atoms with Crippen LogP contribution in [0.25, 0.3) is 0 Å². The average molecular weight is 416 g/mol. The maximum Gasteiger partial charge on any atom is 0.534 e. The van der Waals surface area contributed by atoms with Crippen LogP contribution in [-0.4, -0.2) is 65.4 Å². The molecular weight excluding hydrogens is 397 g/mol. The number of aryl methyl sites for hydroxylation is 1. The molecule has 1 saturated heterocycles. The van der Waals surface area contributed by atoms with Crippen LogP contribution in [0.1, 0.15) is 18.4 Å². The molecule has 1 fully saturated rings. The van der Waals surface area contributed by atoms with Gasteiger partial charge in [0.1, 0.15) is 17.6 Å². The third-order valence-electron chi connectivity index (χ3n) is 4.09. The number of aliphatic hydroxyl groups excluding tert-OH is 3. The summed E-state index contributed by atoms with van der Waals surface area (Å²) in [6, 6.07) is 2.76. The average Bonchev–Trinajstić information content (AvgIpc) is 2.57. The van der Waals surface area contributed by atoms with Crippen molar-refractivity contribution >= 4 is 10.1 Å². The largest absolute Gasteiger partial charge is 0.534 e. The number of hydrogen-bond acceptors (Lipinski definition) is 8. The van der Waals surface area contributed by atoms with Gasteiger partial charge in [0.05, 0.1) is 24.9 Å². The fraction of sp³-hybridized carbons (Fsp3) is 0.600. The molecule has 0 aromatic heterocycles. The number of halogens is 3. The summed E-state index contributed by atoms with van der Waals surface area (Å²) >= 11 is 0. The Morgan fingerprint density at radius 1 is 1.26 bits per heavy atom. The van der Waals surface area contributed by atoms with Gasteiger partial charge >= 0.3 is 15.6 Å². The molecule has 0 bridgehead atoms. The normalized spacial score (nSPS) is 26.7. The summed E-state index contributed by atoms with van der Waals surface area (Å²) in [5, 5.41) is 38.7. The first-order valence-corrected chi connectivity index (χ1v) is 9.30. The molecule has 4 unspecified atom stereocenters. The van der Waals surface area contributed by atoms with Crippen molar-refractivity contribution in [3.8, 4) is 11.5 Å². The highest BCUT2D eigenvalue weighted by molar-refractivity contribution is 7.88. The molecule has 1 aromatic rings. The monoisotopic (exact) mass is 416 g/mol. The molecule has 8 nitrogen and oxygen atoms in total. The molecule has 27 heavy (non-hydrogen) atoms. The third kappa shape index (κ3) is 5.23. The summed E-state index contributed by atoms with van der Waals surface area (Å²) in [4.78, 5) is 0. The van der Waals surface area contributed by atoms with Gasteiger partial charge in [0.2, 0.25) is 0 Å². The molecule has 154 valence electrons. The lowest BCUT2D eigenvalue weighted by molar-refractivity contribution is -0.178. The summed E-state index contributed by atoms with van der Waals surface area (Å²) in [7, 11) is -5.85. The highest BCUT2D eigenvalue weighted by atomic mass is 32.2. The van der Waals surface area contributed by atoms with E-state index in [-0.39, 0.29) is 37.2 Å². The zero-order valence-corrected chi connectivity index (χ0v) is 14.7. The molecule has 0 amide bonds. The number of alkyl halides is 3. The van der Waals surface area contributed by atoms with Crippen molar-refractivity contribution in [2.45, 2.75) is 49.2 Å². The molecule has 2 rings (SSSR count). The quantitative estimate of drug-likeness (QED) is 0.388. The van der Waals surface area contributed by atoms with Crippen LogP contribution in [-0.2, 0) is 21.3 Å².